The first kappa shape index (κ1) is 13.1. The Balaban J connectivity index is 1.90. The van der Waals surface area contributed by atoms with E-state index in [2.05, 4.69) is 9.55 Å². The fourth-order valence-corrected chi connectivity index (χ4v) is 3.06. The van der Waals surface area contributed by atoms with Crippen molar-refractivity contribution in [3.63, 3.8) is 0 Å². The van der Waals surface area contributed by atoms with Gasteiger partial charge in [-0.2, -0.15) is 0 Å². The molecule has 104 valence electrons. The monoisotopic (exact) mass is 268 g/mol. The SMILES string of the molecule is Cc1ccccc1C(=O)Cn1c(C)nc2c1CCCC2. The van der Waals surface area contributed by atoms with Gasteiger partial charge in [-0.15, -0.1) is 0 Å². The maximum absolute atomic E-state index is 12.5. The second-order valence-corrected chi connectivity index (χ2v) is 5.58. The lowest BCUT2D eigenvalue weighted by Crippen LogP contribution is -2.16. The number of hydrogen-bond donors (Lipinski definition) is 0. The molecule has 1 aromatic heterocycles. The molecule has 2 aromatic rings. The van der Waals surface area contributed by atoms with Crippen molar-refractivity contribution < 1.29 is 4.79 Å². The molecular weight excluding hydrogens is 248 g/mol. The first-order chi connectivity index (χ1) is 9.66. The zero-order valence-electron chi connectivity index (χ0n) is 12.1. The predicted molar refractivity (Wildman–Crippen MR) is 79.1 cm³/mol. The number of imidazole rings is 1. The van der Waals surface area contributed by atoms with Gasteiger partial charge in [0, 0.05) is 11.3 Å². The molecule has 0 radical (unpaired) electrons. The number of Topliss-reactive ketones (excluding diaryl/α,β-unsaturated/α-hetero) is 1. The van der Waals surface area contributed by atoms with E-state index in [0.717, 1.165) is 29.8 Å². The first-order valence-corrected chi connectivity index (χ1v) is 7.30. The molecule has 0 aliphatic heterocycles. The smallest absolute Gasteiger partial charge is 0.182 e. The van der Waals surface area contributed by atoms with E-state index in [-0.39, 0.29) is 5.78 Å². The van der Waals surface area contributed by atoms with Crippen LogP contribution in [0.3, 0.4) is 0 Å². The quantitative estimate of drug-likeness (QED) is 0.801. The van der Waals surface area contributed by atoms with E-state index in [1.807, 2.05) is 38.1 Å². The van der Waals surface area contributed by atoms with Gasteiger partial charge in [-0.1, -0.05) is 24.3 Å². The maximum atomic E-state index is 12.5. The lowest BCUT2D eigenvalue weighted by molar-refractivity contribution is 0.0969. The third kappa shape index (κ3) is 2.28. The summed E-state index contributed by atoms with van der Waals surface area (Å²) in [6, 6.07) is 7.80. The van der Waals surface area contributed by atoms with Crippen LogP contribution in [0.25, 0.3) is 0 Å². The summed E-state index contributed by atoms with van der Waals surface area (Å²) in [5.74, 6) is 1.15. The summed E-state index contributed by atoms with van der Waals surface area (Å²) in [5, 5.41) is 0. The molecule has 1 heterocycles. The summed E-state index contributed by atoms with van der Waals surface area (Å²) in [6.07, 6.45) is 4.53. The van der Waals surface area contributed by atoms with Gasteiger partial charge in [-0.25, -0.2) is 4.98 Å². The Morgan fingerprint density at radius 3 is 2.75 bits per heavy atom. The van der Waals surface area contributed by atoms with E-state index in [4.69, 9.17) is 0 Å². The minimum atomic E-state index is 0.178. The summed E-state index contributed by atoms with van der Waals surface area (Å²) in [5.41, 5.74) is 4.34. The van der Waals surface area contributed by atoms with Crippen LogP contribution in [0.2, 0.25) is 0 Å². The first-order valence-electron chi connectivity index (χ1n) is 7.30. The van der Waals surface area contributed by atoms with Crippen molar-refractivity contribution in [3.05, 3.63) is 52.6 Å². The number of fused-ring (bicyclic) bond motifs is 1. The zero-order valence-corrected chi connectivity index (χ0v) is 12.1. The van der Waals surface area contributed by atoms with Crippen molar-refractivity contribution in [2.24, 2.45) is 0 Å². The van der Waals surface area contributed by atoms with Crippen molar-refractivity contribution in [1.29, 1.82) is 0 Å². The molecule has 3 heteroatoms. The Hall–Kier alpha value is -1.90. The molecule has 0 bridgehead atoms. The molecule has 0 saturated carbocycles. The van der Waals surface area contributed by atoms with Crippen molar-refractivity contribution in [1.82, 2.24) is 9.55 Å². The highest BCUT2D eigenvalue weighted by Gasteiger charge is 2.20. The largest absolute Gasteiger partial charge is 0.324 e. The van der Waals surface area contributed by atoms with Gasteiger partial charge >= 0.3 is 0 Å². The molecule has 0 N–H and O–H groups in total. The van der Waals surface area contributed by atoms with Crippen LogP contribution in [0.5, 0.6) is 0 Å². The van der Waals surface area contributed by atoms with E-state index in [1.54, 1.807) is 0 Å². The van der Waals surface area contributed by atoms with Crippen LogP contribution >= 0.6 is 0 Å². The fraction of sp³-hybridized carbons (Fsp3) is 0.412. The summed E-state index contributed by atoms with van der Waals surface area (Å²) < 4.78 is 2.11. The highest BCUT2D eigenvalue weighted by molar-refractivity contribution is 5.97. The lowest BCUT2D eigenvalue weighted by atomic mass is 10.0. The Bertz CT molecular complexity index is 655. The standard InChI is InChI=1S/C17H20N2O/c1-12-7-3-4-8-14(12)17(20)11-19-13(2)18-15-9-5-6-10-16(15)19/h3-4,7-8H,5-6,9-11H2,1-2H3. The van der Waals surface area contributed by atoms with Gasteiger partial charge in [0.2, 0.25) is 0 Å². The molecule has 0 atom stereocenters. The van der Waals surface area contributed by atoms with E-state index in [9.17, 15) is 4.79 Å². The molecule has 0 fully saturated rings. The average molecular weight is 268 g/mol. The fourth-order valence-electron chi connectivity index (χ4n) is 3.06. The molecule has 1 aliphatic rings. The van der Waals surface area contributed by atoms with Crippen molar-refractivity contribution in [2.75, 3.05) is 0 Å². The van der Waals surface area contributed by atoms with Gasteiger partial charge in [-0.3, -0.25) is 4.79 Å². The number of carbonyl (C=O) groups excluding carboxylic acids is 1. The van der Waals surface area contributed by atoms with Crippen LogP contribution in [0, 0.1) is 13.8 Å². The minimum Gasteiger partial charge on any atom is -0.324 e. The maximum Gasteiger partial charge on any atom is 0.182 e. The molecule has 3 rings (SSSR count). The summed E-state index contributed by atoms with van der Waals surface area (Å²) in [7, 11) is 0. The molecule has 0 unspecified atom stereocenters. The van der Waals surface area contributed by atoms with Crippen molar-refractivity contribution in [3.8, 4) is 0 Å². The van der Waals surface area contributed by atoms with Crippen LogP contribution in [0.15, 0.2) is 24.3 Å². The molecule has 20 heavy (non-hydrogen) atoms. The predicted octanol–water partition coefficient (Wildman–Crippen LogP) is 3.26. The minimum absolute atomic E-state index is 0.178. The molecule has 1 aliphatic carbocycles. The molecule has 0 amide bonds. The number of hydrogen-bond acceptors (Lipinski definition) is 2. The average Bonchev–Trinajstić information content (AvgIpc) is 2.76. The van der Waals surface area contributed by atoms with Gasteiger partial charge in [0.05, 0.1) is 12.2 Å². The van der Waals surface area contributed by atoms with E-state index in [0.29, 0.717) is 6.54 Å². The molecule has 1 aromatic carbocycles. The third-order valence-corrected chi connectivity index (χ3v) is 4.17. The molecule has 3 nitrogen and oxygen atoms in total. The normalized spacial score (nSPS) is 14.1. The van der Waals surface area contributed by atoms with Crippen molar-refractivity contribution in [2.45, 2.75) is 46.1 Å². The number of rotatable bonds is 3. The lowest BCUT2D eigenvalue weighted by Gasteiger charge is -2.14. The second-order valence-electron chi connectivity index (χ2n) is 5.58. The van der Waals surface area contributed by atoms with Gasteiger partial charge in [0.15, 0.2) is 5.78 Å². The summed E-state index contributed by atoms with van der Waals surface area (Å²) >= 11 is 0. The number of benzene rings is 1. The van der Waals surface area contributed by atoms with E-state index >= 15 is 0 Å². The number of ketones is 1. The number of aryl methyl sites for hydroxylation is 3. The van der Waals surface area contributed by atoms with E-state index < -0.39 is 0 Å². The van der Waals surface area contributed by atoms with Crippen LogP contribution in [-0.2, 0) is 19.4 Å². The number of carbonyl (C=O) groups is 1. The van der Waals surface area contributed by atoms with Crippen LogP contribution in [-0.4, -0.2) is 15.3 Å². The van der Waals surface area contributed by atoms with Gasteiger partial charge in [0.1, 0.15) is 5.82 Å². The van der Waals surface area contributed by atoms with Crippen LogP contribution < -0.4 is 0 Å². The summed E-state index contributed by atoms with van der Waals surface area (Å²) in [4.78, 5) is 17.2. The van der Waals surface area contributed by atoms with Gasteiger partial charge in [-0.05, 0) is 45.1 Å². The zero-order chi connectivity index (χ0) is 14.1. The highest BCUT2D eigenvalue weighted by Crippen LogP contribution is 2.22. The Morgan fingerprint density at radius 1 is 1.20 bits per heavy atom. The van der Waals surface area contributed by atoms with Crippen LogP contribution in [0.1, 0.15) is 46.0 Å². The molecule has 0 spiro atoms. The second kappa shape index (κ2) is 5.23. The topological polar surface area (TPSA) is 34.9 Å². The van der Waals surface area contributed by atoms with Crippen LogP contribution in [0.4, 0.5) is 0 Å². The Morgan fingerprint density at radius 2 is 1.95 bits per heavy atom. The van der Waals surface area contributed by atoms with Gasteiger partial charge in [0.25, 0.3) is 0 Å². The number of nitrogens with zero attached hydrogens (tertiary/aromatic N) is 2. The van der Waals surface area contributed by atoms with E-state index in [1.165, 1.54) is 24.2 Å². The summed E-state index contributed by atoms with van der Waals surface area (Å²) in [6.45, 7) is 4.41. The van der Waals surface area contributed by atoms with Gasteiger partial charge < -0.3 is 4.57 Å². The highest BCUT2D eigenvalue weighted by atomic mass is 16.1. The Kier molecular flexibility index (Phi) is 3.43. The molecular formula is C17H20N2O. The third-order valence-electron chi connectivity index (χ3n) is 4.17. The Labute approximate surface area is 119 Å². The molecule has 0 saturated heterocycles. The number of aromatic nitrogens is 2. The van der Waals surface area contributed by atoms with Crippen molar-refractivity contribution >= 4 is 5.78 Å².